The van der Waals surface area contributed by atoms with Crippen molar-refractivity contribution in [2.75, 3.05) is 7.05 Å². The van der Waals surface area contributed by atoms with E-state index in [9.17, 15) is 4.79 Å². The standard InChI is InChI=1S/C15H18BrCl2NO/c1-19(14-5-3-2-4-11(14)16)15(20)9-10-6-7-12(17)13(18)8-10/h6-8,11,14H,2-5,9H2,1H3. The van der Waals surface area contributed by atoms with Gasteiger partial charge in [-0.3, -0.25) is 4.79 Å². The first-order chi connectivity index (χ1) is 9.49. The Bertz CT molecular complexity index is 495. The molecule has 110 valence electrons. The van der Waals surface area contributed by atoms with Crippen molar-refractivity contribution in [1.82, 2.24) is 4.90 Å². The molecule has 1 aliphatic carbocycles. The lowest BCUT2D eigenvalue weighted by Crippen LogP contribution is -2.44. The average Bonchev–Trinajstić information content (AvgIpc) is 2.42. The van der Waals surface area contributed by atoms with Gasteiger partial charge in [0.25, 0.3) is 0 Å². The van der Waals surface area contributed by atoms with E-state index in [1.54, 1.807) is 12.1 Å². The molecule has 2 nitrogen and oxygen atoms in total. The van der Waals surface area contributed by atoms with Crippen molar-refractivity contribution in [1.29, 1.82) is 0 Å². The van der Waals surface area contributed by atoms with E-state index in [4.69, 9.17) is 23.2 Å². The quantitative estimate of drug-likeness (QED) is 0.698. The van der Waals surface area contributed by atoms with Crippen LogP contribution >= 0.6 is 39.1 Å². The first-order valence-electron chi connectivity index (χ1n) is 6.82. The van der Waals surface area contributed by atoms with Gasteiger partial charge >= 0.3 is 0 Å². The summed E-state index contributed by atoms with van der Waals surface area (Å²) in [5.74, 6) is 0.125. The minimum Gasteiger partial charge on any atom is -0.341 e. The van der Waals surface area contributed by atoms with Crippen molar-refractivity contribution < 1.29 is 4.79 Å². The van der Waals surface area contributed by atoms with Gasteiger partial charge < -0.3 is 4.90 Å². The molecule has 1 saturated carbocycles. The number of benzene rings is 1. The van der Waals surface area contributed by atoms with Crippen LogP contribution in [0, 0.1) is 0 Å². The second-order valence-corrected chi connectivity index (χ2v) is 7.29. The summed E-state index contributed by atoms with van der Waals surface area (Å²) >= 11 is 15.6. The zero-order valence-corrected chi connectivity index (χ0v) is 14.5. The zero-order valence-electron chi connectivity index (χ0n) is 11.4. The monoisotopic (exact) mass is 377 g/mol. The van der Waals surface area contributed by atoms with E-state index in [2.05, 4.69) is 15.9 Å². The van der Waals surface area contributed by atoms with E-state index in [-0.39, 0.29) is 5.91 Å². The van der Waals surface area contributed by atoms with E-state index in [0.29, 0.717) is 27.3 Å². The maximum Gasteiger partial charge on any atom is 0.227 e. The Balaban J connectivity index is 2.01. The lowest BCUT2D eigenvalue weighted by Gasteiger charge is -2.35. The summed E-state index contributed by atoms with van der Waals surface area (Å²) in [5, 5.41) is 1.01. The Morgan fingerprint density at radius 2 is 2.00 bits per heavy atom. The lowest BCUT2D eigenvalue weighted by atomic mass is 9.94. The summed E-state index contributed by atoms with van der Waals surface area (Å²) in [4.78, 5) is 14.7. The third-order valence-corrected chi connectivity index (χ3v) is 5.68. The molecule has 2 unspecified atom stereocenters. The highest BCUT2D eigenvalue weighted by molar-refractivity contribution is 9.09. The molecular formula is C15H18BrCl2NO. The average molecular weight is 379 g/mol. The predicted molar refractivity (Wildman–Crippen MR) is 87.9 cm³/mol. The van der Waals surface area contributed by atoms with Crippen LogP contribution in [0.4, 0.5) is 0 Å². The number of nitrogens with zero attached hydrogens (tertiary/aromatic N) is 1. The van der Waals surface area contributed by atoms with Crippen LogP contribution in [0.5, 0.6) is 0 Å². The number of carbonyl (C=O) groups excluding carboxylic acids is 1. The molecule has 0 N–H and O–H groups in total. The molecule has 2 atom stereocenters. The molecule has 1 fully saturated rings. The summed E-state index contributed by atoms with van der Waals surface area (Å²) in [7, 11) is 1.89. The molecule has 1 aliphatic rings. The van der Waals surface area contributed by atoms with Crippen LogP contribution in [0.3, 0.4) is 0 Å². The van der Waals surface area contributed by atoms with Gasteiger partial charge in [0.15, 0.2) is 0 Å². The first kappa shape index (κ1) is 16.1. The Morgan fingerprint density at radius 1 is 1.30 bits per heavy atom. The third-order valence-electron chi connectivity index (χ3n) is 3.88. The Labute approximate surface area is 138 Å². The van der Waals surface area contributed by atoms with Crippen molar-refractivity contribution in [2.45, 2.75) is 43.0 Å². The Kier molecular flexibility index (Phi) is 5.76. The third kappa shape index (κ3) is 3.90. The largest absolute Gasteiger partial charge is 0.341 e. The normalized spacial score (nSPS) is 22.6. The SMILES string of the molecule is CN(C(=O)Cc1ccc(Cl)c(Cl)c1)C1CCCCC1Br. The van der Waals surface area contributed by atoms with E-state index in [0.717, 1.165) is 18.4 Å². The fraction of sp³-hybridized carbons (Fsp3) is 0.533. The summed E-state index contributed by atoms with van der Waals surface area (Å²) in [5.41, 5.74) is 0.901. The van der Waals surface area contributed by atoms with Crippen molar-refractivity contribution in [2.24, 2.45) is 0 Å². The van der Waals surface area contributed by atoms with Gasteiger partial charge in [-0.1, -0.05) is 58.0 Å². The number of amides is 1. The van der Waals surface area contributed by atoms with Crippen molar-refractivity contribution >= 4 is 45.0 Å². The van der Waals surface area contributed by atoms with Gasteiger partial charge in [0.2, 0.25) is 5.91 Å². The summed E-state index contributed by atoms with van der Waals surface area (Å²) in [6.45, 7) is 0. The molecular weight excluding hydrogens is 361 g/mol. The van der Waals surface area contributed by atoms with Gasteiger partial charge in [0.1, 0.15) is 0 Å². The van der Waals surface area contributed by atoms with Crippen LogP contribution in [-0.4, -0.2) is 28.7 Å². The summed E-state index contributed by atoms with van der Waals surface area (Å²) in [6, 6.07) is 5.65. The fourth-order valence-electron chi connectivity index (χ4n) is 2.64. The highest BCUT2D eigenvalue weighted by Gasteiger charge is 2.28. The van der Waals surface area contributed by atoms with Crippen molar-refractivity contribution in [3.63, 3.8) is 0 Å². The Hall–Kier alpha value is -0.250. The van der Waals surface area contributed by atoms with Gasteiger partial charge in [-0.2, -0.15) is 0 Å². The van der Waals surface area contributed by atoms with E-state index in [1.165, 1.54) is 12.8 Å². The number of rotatable bonds is 3. The lowest BCUT2D eigenvalue weighted by molar-refractivity contribution is -0.131. The number of alkyl halides is 1. The first-order valence-corrected chi connectivity index (χ1v) is 8.50. The van der Waals surface area contributed by atoms with Crippen LogP contribution in [0.15, 0.2) is 18.2 Å². The van der Waals surface area contributed by atoms with Gasteiger partial charge in [0, 0.05) is 17.9 Å². The smallest absolute Gasteiger partial charge is 0.227 e. The number of carbonyl (C=O) groups is 1. The fourth-order valence-corrected chi connectivity index (χ4v) is 3.90. The molecule has 0 aliphatic heterocycles. The topological polar surface area (TPSA) is 20.3 Å². The van der Waals surface area contributed by atoms with E-state index in [1.807, 2.05) is 18.0 Å². The number of halogens is 3. The highest BCUT2D eigenvalue weighted by atomic mass is 79.9. The maximum absolute atomic E-state index is 12.4. The van der Waals surface area contributed by atoms with Crippen LogP contribution in [0.2, 0.25) is 10.0 Å². The molecule has 20 heavy (non-hydrogen) atoms. The summed E-state index contributed by atoms with van der Waals surface area (Å²) in [6.07, 6.45) is 5.00. The Morgan fingerprint density at radius 3 is 2.65 bits per heavy atom. The minimum absolute atomic E-state index is 0.125. The molecule has 0 saturated heterocycles. The number of hydrogen-bond acceptors (Lipinski definition) is 1. The zero-order chi connectivity index (χ0) is 14.7. The van der Waals surface area contributed by atoms with Crippen LogP contribution in [0.1, 0.15) is 31.2 Å². The molecule has 0 aromatic heterocycles. The van der Waals surface area contributed by atoms with E-state index < -0.39 is 0 Å². The van der Waals surface area contributed by atoms with E-state index >= 15 is 0 Å². The van der Waals surface area contributed by atoms with Gasteiger partial charge in [-0.15, -0.1) is 0 Å². The number of likely N-dealkylation sites (N-methyl/N-ethyl adjacent to an activating group) is 1. The summed E-state index contributed by atoms with van der Waals surface area (Å²) < 4.78 is 0. The number of hydrogen-bond donors (Lipinski definition) is 0. The highest BCUT2D eigenvalue weighted by Crippen LogP contribution is 2.28. The molecule has 0 radical (unpaired) electrons. The molecule has 1 amide bonds. The molecule has 2 rings (SSSR count). The van der Waals surface area contributed by atoms with Crippen molar-refractivity contribution in [3.8, 4) is 0 Å². The second-order valence-electron chi connectivity index (χ2n) is 5.30. The molecule has 1 aromatic carbocycles. The van der Waals surface area contributed by atoms with Crippen LogP contribution in [-0.2, 0) is 11.2 Å². The minimum atomic E-state index is 0.125. The molecule has 1 aromatic rings. The van der Waals surface area contributed by atoms with Gasteiger partial charge in [-0.25, -0.2) is 0 Å². The maximum atomic E-state index is 12.4. The van der Waals surface area contributed by atoms with Crippen molar-refractivity contribution in [3.05, 3.63) is 33.8 Å². The van der Waals surface area contributed by atoms with Gasteiger partial charge in [-0.05, 0) is 30.5 Å². The second kappa shape index (κ2) is 7.15. The molecule has 0 spiro atoms. The van der Waals surface area contributed by atoms with Gasteiger partial charge in [0.05, 0.1) is 16.5 Å². The molecule has 5 heteroatoms. The predicted octanol–water partition coefficient (Wildman–Crippen LogP) is 4.70. The van der Waals surface area contributed by atoms with Crippen LogP contribution < -0.4 is 0 Å². The van der Waals surface area contributed by atoms with Crippen LogP contribution in [0.25, 0.3) is 0 Å². The molecule has 0 bridgehead atoms. The molecule has 0 heterocycles.